The fourth-order valence-electron chi connectivity index (χ4n) is 7.37. The number of aromatic nitrogens is 2. The Balaban J connectivity index is 0.000000186. The molecule has 8 rings (SSSR count). The fraction of sp³-hybridized carbons (Fsp3) is 0.273. The number of hydrogen-bond donors (Lipinski definition) is 0. The molecule has 2 saturated heterocycles. The second-order valence-corrected chi connectivity index (χ2v) is 20.7. The molecule has 4 heterocycles. The molecule has 12 nitrogen and oxygen atoms in total. The van der Waals surface area contributed by atoms with Crippen LogP contribution in [-0.4, -0.2) is 87.8 Å². The van der Waals surface area contributed by atoms with Crippen LogP contribution in [0.15, 0.2) is 105 Å². The number of benzene rings is 4. The number of rotatable bonds is 10. The van der Waals surface area contributed by atoms with Crippen LogP contribution >= 0.6 is 34.3 Å². The van der Waals surface area contributed by atoms with Crippen molar-refractivity contribution >= 4 is 64.6 Å². The summed E-state index contributed by atoms with van der Waals surface area (Å²) in [6, 6.07) is 27.7. The Bertz CT molecular complexity index is 2860. The van der Waals surface area contributed by atoms with E-state index in [-0.39, 0.29) is 25.9 Å². The third-order valence-electron chi connectivity index (χ3n) is 10.4. The van der Waals surface area contributed by atoms with Gasteiger partial charge in [0.05, 0.1) is 37.3 Å². The monoisotopic (exact) mass is 928 g/mol. The van der Waals surface area contributed by atoms with Crippen molar-refractivity contribution in [2.24, 2.45) is 0 Å². The van der Waals surface area contributed by atoms with E-state index in [0.29, 0.717) is 58.8 Å². The lowest BCUT2D eigenvalue weighted by molar-refractivity contribution is 0.384. The van der Waals surface area contributed by atoms with E-state index in [1.54, 1.807) is 47.7 Å². The van der Waals surface area contributed by atoms with E-state index in [1.165, 1.54) is 67.0 Å². The van der Waals surface area contributed by atoms with Crippen molar-refractivity contribution in [1.29, 1.82) is 10.5 Å². The van der Waals surface area contributed by atoms with Gasteiger partial charge in [0.25, 0.3) is 0 Å². The summed E-state index contributed by atoms with van der Waals surface area (Å²) in [5, 5.41) is 24.3. The molecule has 2 aromatic heterocycles. The molecule has 0 N–H and O–H groups in total. The van der Waals surface area contributed by atoms with Gasteiger partial charge in [-0.05, 0) is 61.4 Å². The summed E-state index contributed by atoms with van der Waals surface area (Å²) in [5.41, 5.74) is 6.83. The molecule has 320 valence electrons. The summed E-state index contributed by atoms with van der Waals surface area (Å²) in [5.74, 6) is -0.449. The quantitative estimate of drug-likeness (QED) is 0.134. The molecule has 18 heteroatoms. The molecule has 2 aliphatic rings. The van der Waals surface area contributed by atoms with Gasteiger partial charge in [-0.1, -0.05) is 71.3 Å². The van der Waals surface area contributed by atoms with E-state index in [9.17, 15) is 31.7 Å². The normalized spacial score (nSPS) is 15.1. The largest absolute Gasteiger partial charge is 0.345 e. The second-order valence-electron chi connectivity index (χ2n) is 14.8. The maximum absolute atomic E-state index is 13.3. The number of hydrogen-bond acceptors (Lipinski definition) is 12. The molecule has 62 heavy (non-hydrogen) atoms. The third kappa shape index (κ3) is 10.3. The van der Waals surface area contributed by atoms with Crippen molar-refractivity contribution in [3.8, 4) is 12.1 Å². The first-order valence-corrected chi connectivity index (χ1v) is 24.7. The molecule has 0 bridgehead atoms. The number of nitriles is 2. The lowest BCUT2D eigenvalue weighted by atomic mass is 10.0. The average Bonchev–Trinajstić information content (AvgIpc) is 3.95. The number of anilines is 2. The molecule has 0 aliphatic carbocycles. The molecular formula is C44H42ClFN8O4S4. The number of thiazole rings is 2. The molecule has 0 amide bonds. The zero-order valence-corrected chi connectivity index (χ0v) is 37.9. The first kappa shape index (κ1) is 44.8. The summed E-state index contributed by atoms with van der Waals surface area (Å²) in [7, 11) is -7.42. The molecule has 0 saturated carbocycles. The van der Waals surface area contributed by atoms with Crippen molar-refractivity contribution in [2.45, 2.75) is 36.5 Å². The van der Waals surface area contributed by atoms with Crippen LogP contribution in [0.4, 0.5) is 14.7 Å². The highest BCUT2D eigenvalue weighted by atomic mass is 35.5. The standard InChI is InChI=1S/C23H24N4O2S2.C21H18ClFN4O2S2/c1-17-11-18(2)13-19(12-17)14-21-16-30-23(25-21)26-7-9-27(10-8-26)31(28,29)22-6-4-3-5-20(22)15-24;22-18-12-15(5-6-19(18)23)11-17-14-30-21(25-17)26-7-9-27(10-8-26)31(28,29)20-4-2-1-3-16(20)13-24/h3-6,11-13,16H,7-10,14H2,1-2H3;1-6,12,14H,7-11H2. The van der Waals surface area contributed by atoms with Crippen molar-refractivity contribution in [2.75, 3.05) is 62.2 Å². The number of halogens is 2. The summed E-state index contributed by atoms with van der Waals surface area (Å²) >= 11 is 8.94. The highest BCUT2D eigenvalue weighted by molar-refractivity contribution is 7.89. The SMILES string of the molecule is Cc1cc(C)cc(Cc2csc(N3CCN(S(=O)(=O)c4ccccc4C#N)CC3)n2)c1.N#Cc1ccccc1S(=O)(=O)N1CCN(c2nc(Cc3ccc(F)c(Cl)c3)cs2)CC1. The predicted octanol–water partition coefficient (Wildman–Crippen LogP) is 7.64. The maximum Gasteiger partial charge on any atom is 0.244 e. The van der Waals surface area contributed by atoms with Crippen LogP contribution in [-0.2, 0) is 32.9 Å². The zero-order chi connectivity index (χ0) is 44.0. The minimum Gasteiger partial charge on any atom is -0.345 e. The highest BCUT2D eigenvalue weighted by Crippen LogP contribution is 2.29. The number of nitrogens with zero attached hydrogens (tertiary/aromatic N) is 8. The van der Waals surface area contributed by atoms with E-state index in [0.717, 1.165) is 33.6 Å². The minimum atomic E-state index is -3.73. The van der Waals surface area contributed by atoms with Crippen molar-refractivity contribution in [3.63, 3.8) is 0 Å². The van der Waals surface area contributed by atoms with Crippen LogP contribution in [0.1, 0.15) is 44.8 Å². The lowest BCUT2D eigenvalue weighted by Gasteiger charge is -2.33. The van der Waals surface area contributed by atoms with Crippen LogP contribution in [0.5, 0.6) is 0 Å². The van der Waals surface area contributed by atoms with Gasteiger partial charge in [0.1, 0.15) is 18.0 Å². The van der Waals surface area contributed by atoms with Gasteiger partial charge in [-0.25, -0.2) is 31.2 Å². The van der Waals surface area contributed by atoms with Crippen LogP contribution in [0, 0.1) is 42.3 Å². The fourth-order valence-corrected chi connectivity index (χ4v) is 12.5. The van der Waals surface area contributed by atoms with Crippen molar-refractivity contribution < 1.29 is 21.2 Å². The number of aryl methyl sites for hydroxylation is 2. The second kappa shape index (κ2) is 19.4. The van der Waals surface area contributed by atoms with E-state index < -0.39 is 25.9 Å². The molecule has 0 unspecified atom stereocenters. The Hall–Kier alpha value is -5.24. The first-order chi connectivity index (χ1) is 29.7. The highest BCUT2D eigenvalue weighted by Gasteiger charge is 2.32. The van der Waals surface area contributed by atoms with Crippen LogP contribution in [0.3, 0.4) is 0 Å². The smallest absolute Gasteiger partial charge is 0.244 e. The summed E-state index contributed by atoms with van der Waals surface area (Å²) < 4.78 is 68.2. The number of sulfonamides is 2. The molecule has 6 aromatic rings. The van der Waals surface area contributed by atoms with Crippen molar-refractivity contribution in [1.82, 2.24) is 18.6 Å². The zero-order valence-electron chi connectivity index (χ0n) is 33.9. The van der Waals surface area contributed by atoms with E-state index in [2.05, 4.69) is 47.3 Å². The van der Waals surface area contributed by atoms with Gasteiger partial charge in [-0.3, -0.25) is 0 Å². The van der Waals surface area contributed by atoms with Crippen molar-refractivity contribution in [3.05, 3.63) is 151 Å². The van der Waals surface area contributed by atoms with E-state index in [1.807, 2.05) is 22.4 Å². The molecule has 0 spiro atoms. The maximum atomic E-state index is 13.3. The molecular weight excluding hydrogens is 887 g/mol. The topological polar surface area (TPSA) is 155 Å². The molecule has 4 aromatic carbocycles. The Morgan fingerprint density at radius 1 is 0.629 bits per heavy atom. The van der Waals surface area contributed by atoms with E-state index in [4.69, 9.17) is 16.6 Å². The van der Waals surface area contributed by atoms with E-state index >= 15 is 0 Å². The predicted molar refractivity (Wildman–Crippen MR) is 241 cm³/mol. The summed E-state index contributed by atoms with van der Waals surface area (Å²) in [4.78, 5) is 13.8. The van der Waals surface area contributed by atoms with Crippen LogP contribution in [0.2, 0.25) is 5.02 Å². The Kier molecular flexibility index (Phi) is 14.0. The molecule has 2 aliphatic heterocycles. The van der Waals surface area contributed by atoms with Crippen LogP contribution < -0.4 is 9.80 Å². The van der Waals surface area contributed by atoms with Gasteiger partial charge >= 0.3 is 0 Å². The summed E-state index contributed by atoms with van der Waals surface area (Å²) in [6.07, 6.45) is 1.33. The number of piperazine rings is 2. The first-order valence-electron chi connectivity index (χ1n) is 19.6. The Labute approximate surface area is 374 Å². The molecule has 0 radical (unpaired) electrons. The Morgan fingerprint density at radius 3 is 1.50 bits per heavy atom. The van der Waals surface area contributed by atoms with Gasteiger partial charge in [0, 0.05) is 76.0 Å². The van der Waals surface area contributed by atoms with Crippen LogP contribution in [0.25, 0.3) is 0 Å². The molecule has 0 atom stereocenters. The van der Waals surface area contributed by atoms with Gasteiger partial charge < -0.3 is 9.80 Å². The van der Waals surface area contributed by atoms with Gasteiger partial charge in [0.2, 0.25) is 20.0 Å². The average molecular weight is 930 g/mol. The minimum absolute atomic E-state index is 0.0421. The van der Waals surface area contributed by atoms with Gasteiger partial charge in [-0.2, -0.15) is 19.1 Å². The molecule has 2 fully saturated rings. The van der Waals surface area contributed by atoms with Gasteiger partial charge in [0.15, 0.2) is 10.3 Å². The Morgan fingerprint density at radius 2 is 1.06 bits per heavy atom. The summed E-state index contributed by atoms with van der Waals surface area (Å²) in [6.45, 7) is 7.72. The van der Waals surface area contributed by atoms with Gasteiger partial charge in [-0.15, -0.1) is 22.7 Å². The third-order valence-corrected chi connectivity index (χ3v) is 16.5. The lowest BCUT2D eigenvalue weighted by Crippen LogP contribution is -2.48.